The third kappa shape index (κ3) is 5.70. The highest BCUT2D eigenvalue weighted by molar-refractivity contribution is 5.81. The van der Waals surface area contributed by atoms with Crippen LogP contribution in [-0.2, 0) is 0 Å². The van der Waals surface area contributed by atoms with E-state index in [-0.39, 0.29) is 0 Å². The van der Waals surface area contributed by atoms with Crippen LogP contribution in [0.3, 0.4) is 0 Å². The summed E-state index contributed by atoms with van der Waals surface area (Å²) in [6.07, 6.45) is 0. The summed E-state index contributed by atoms with van der Waals surface area (Å²) in [6.45, 7) is 0. The highest BCUT2D eigenvalue weighted by atomic mass is 16.5. The fraction of sp³-hybridized carbons (Fsp3) is 0.0526. The molecule has 3 heteroatoms. The molecule has 0 spiro atoms. The average molecular weight is 533 g/mol. The molecule has 0 bridgehead atoms. The number of anilines is 5. The van der Waals surface area contributed by atoms with E-state index in [0.29, 0.717) is 0 Å². The van der Waals surface area contributed by atoms with Crippen LogP contribution >= 0.6 is 0 Å². The maximum absolute atomic E-state index is 5.29. The molecular formula is C38H32N2O. The molecule has 0 N–H and O–H groups in total. The zero-order valence-corrected chi connectivity index (χ0v) is 23.3. The van der Waals surface area contributed by atoms with Crippen LogP contribution in [0.2, 0.25) is 0 Å². The van der Waals surface area contributed by atoms with Gasteiger partial charge in [-0.25, -0.2) is 0 Å². The summed E-state index contributed by atoms with van der Waals surface area (Å²) in [7, 11) is 3.77. The van der Waals surface area contributed by atoms with Crippen molar-refractivity contribution in [3.63, 3.8) is 0 Å². The second-order valence-electron chi connectivity index (χ2n) is 9.94. The van der Waals surface area contributed by atoms with Gasteiger partial charge in [0.2, 0.25) is 0 Å². The molecule has 0 aliphatic heterocycles. The van der Waals surface area contributed by atoms with Gasteiger partial charge < -0.3 is 14.5 Å². The summed E-state index contributed by atoms with van der Waals surface area (Å²) in [5.41, 5.74) is 10.4. The molecule has 6 aromatic rings. The minimum Gasteiger partial charge on any atom is -0.497 e. The van der Waals surface area contributed by atoms with Gasteiger partial charge in [-0.1, -0.05) is 84.9 Å². The summed E-state index contributed by atoms with van der Waals surface area (Å²) >= 11 is 0. The Labute approximate surface area is 242 Å². The van der Waals surface area contributed by atoms with Crippen molar-refractivity contribution in [1.29, 1.82) is 0 Å². The number of rotatable bonds is 8. The van der Waals surface area contributed by atoms with Crippen molar-refractivity contribution < 1.29 is 4.74 Å². The maximum atomic E-state index is 5.29. The van der Waals surface area contributed by atoms with Gasteiger partial charge in [0.25, 0.3) is 0 Å². The van der Waals surface area contributed by atoms with Gasteiger partial charge in [-0.2, -0.15) is 0 Å². The molecular weight excluding hydrogens is 500 g/mol. The van der Waals surface area contributed by atoms with Crippen LogP contribution < -0.4 is 14.5 Å². The highest BCUT2D eigenvalue weighted by Gasteiger charge is 2.14. The van der Waals surface area contributed by atoms with Gasteiger partial charge in [-0.05, 0) is 95.1 Å². The van der Waals surface area contributed by atoms with Crippen LogP contribution in [0, 0.1) is 0 Å². The van der Waals surface area contributed by atoms with E-state index in [2.05, 4.69) is 162 Å². The Hall–Kier alpha value is -5.28. The standard InChI is InChI=1S/C38H32N2O/c1-39(34-24-26-38(41-2)27-25-34)33-20-16-30(17-21-33)31-18-22-36(23-19-31)40(35-13-7-4-8-14-35)37-15-9-12-32(28-37)29-10-5-3-6-11-29/h3-28H,1-2H3. The Morgan fingerprint density at radius 3 is 1.41 bits per heavy atom. The summed E-state index contributed by atoms with van der Waals surface area (Å²) in [5.74, 6) is 0.857. The predicted molar refractivity (Wildman–Crippen MR) is 173 cm³/mol. The van der Waals surface area contributed by atoms with E-state index in [0.717, 1.165) is 34.2 Å². The lowest BCUT2D eigenvalue weighted by Crippen LogP contribution is -2.10. The van der Waals surface area contributed by atoms with E-state index in [9.17, 15) is 0 Å². The van der Waals surface area contributed by atoms with Crippen LogP contribution in [-0.4, -0.2) is 14.2 Å². The third-order valence-electron chi connectivity index (χ3n) is 7.40. The lowest BCUT2D eigenvalue weighted by Gasteiger charge is -2.26. The Bertz CT molecular complexity index is 1700. The van der Waals surface area contributed by atoms with Crippen LogP contribution in [0.1, 0.15) is 0 Å². The largest absolute Gasteiger partial charge is 0.497 e. The molecule has 0 aliphatic rings. The van der Waals surface area contributed by atoms with Gasteiger partial charge in [0.1, 0.15) is 5.75 Å². The summed E-state index contributed by atoms with van der Waals surface area (Å²) < 4.78 is 5.29. The second kappa shape index (κ2) is 11.8. The van der Waals surface area contributed by atoms with E-state index in [1.165, 1.54) is 22.3 Å². The SMILES string of the molecule is COc1ccc(N(C)c2ccc(-c3ccc(N(c4ccccc4)c4cccc(-c5ccccc5)c4)cc3)cc2)cc1. The van der Waals surface area contributed by atoms with E-state index < -0.39 is 0 Å². The number of nitrogens with zero attached hydrogens (tertiary/aromatic N) is 2. The van der Waals surface area contributed by atoms with Gasteiger partial charge in [-0.3, -0.25) is 0 Å². The first kappa shape index (κ1) is 26.0. The first-order chi connectivity index (χ1) is 20.2. The molecule has 0 atom stereocenters. The topological polar surface area (TPSA) is 15.7 Å². The predicted octanol–water partition coefficient (Wildman–Crippen LogP) is 10.3. The molecule has 6 rings (SSSR count). The summed E-state index contributed by atoms with van der Waals surface area (Å²) in [5, 5.41) is 0. The number of methoxy groups -OCH3 is 1. The van der Waals surface area contributed by atoms with Crippen molar-refractivity contribution in [1.82, 2.24) is 0 Å². The van der Waals surface area contributed by atoms with E-state index in [1.807, 2.05) is 12.1 Å². The number of ether oxygens (including phenoxy) is 1. The molecule has 41 heavy (non-hydrogen) atoms. The van der Waals surface area contributed by atoms with Gasteiger partial charge in [0.05, 0.1) is 7.11 Å². The normalized spacial score (nSPS) is 10.7. The van der Waals surface area contributed by atoms with Crippen LogP contribution in [0.4, 0.5) is 28.4 Å². The molecule has 0 saturated heterocycles. The van der Waals surface area contributed by atoms with Gasteiger partial charge in [0.15, 0.2) is 0 Å². The van der Waals surface area contributed by atoms with Crippen molar-refractivity contribution in [3.05, 3.63) is 158 Å². The lowest BCUT2D eigenvalue weighted by molar-refractivity contribution is 0.415. The zero-order chi connectivity index (χ0) is 28.0. The van der Waals surface area contributed by atoms with Crippen molar-refractivity contribution in [2.24, 2.45) is 0 Å². The Balaban J connectivity index is 1.28. The van der Waals surface area contributed by atoms with E-state index >= 15 is 0 Å². The minimum atomic E-state index is 0.857. The fourth-order valence-corrected chi connectivity index (χ4v) is 5.11. The minimum absolute atomic E-state index is 0.857. The molecule has 3 nitrogen and oxygen atoms in total. The quantitative estimate of drug-likeness (QED) is 0.194. The monoisotopic (exact) mass is 532 g/mol. The molecule has 0 amide bonds. The second-order valence-corrected chi connectivity index (χ2v) is 9.94. The number of para-hydroxylation sites is 1. The van der Waals surface area contributed by atoms with Crippen molar-refractivity contribution in [2.75, 3.05) is 24.0 Å². The van der Waals surface area contributed by atoms with Crippen molar-refractivity contribution >= 4 is 28.4 Å². The molecule has 0 fully saturated rings. The van der Waals surface area contributed by atoms with Crippen LogP contribution in [0.25, 0.3) is 22.3 Å². The van der Waals surface area contributed by atoms with Crippen LogP contribution in [0.15, 0.2) is 158 Å². The Morgan fingerprint density at radius 2 is 0.829 bits per heavy atom. The van der Waals surface area contributed by atoms with Crippen molar-refractivity contribution in [2.45, 2.75) is 0 Å². The molecule has 0 unspecified atom stereocenters. The molecule has 6 aromatic carbocycles. The average Bonchev–Trinajstić information content (AvgIpc) is 3.06. The van der Waals surface area contributed by atoms with Crippen molar-refractivity contribution in [3.8, 4) is 28.0 Å². The Morgan fingerprint density at radius 1 is 0.390 bits per heavy atom. The fourth-order valence-electron chi connectivity index (χ4n) is 5.11. The summed E-state index contributed by atoms with van der Waals surface area (Å²) in [6, 6.07) is 55.4. The molecule has 0 saturated carbocycles. The number of hydrogen-bond donors (Lipinski definition) is 0. The highest BCUT2D eigenvalue weighted by Crippen LogP contribution is 2.37. The van der Waals surface area contributed by atoms with E-state index in [4.69, 9.17) is 4.74 Å². The van der Waals surface area contributed by atoms with Gasteiger partial charge in [0, 0.05) is 35.5 Å². The molecule has 0 heterocycles. The first-order valence-electron chi connectivity index (χ1n) is 13.8. The number of hydrogen-bond acceptors (Lipinski definition) is 3. The van der Waals surface area contributed by atoms with Crippen LogP contribution in [0.5, 0.6) is 5.75 Å². The van der Waals surface area contributed by atoms with E-state index in [1.54, 1.807) is 7.11 Å². The lowest BCUT2D eigenvalue weighted by atomic mass is 10.0. The molecule has 0 aromatic heterocycles. The smallest absolute Gasteiger partial charge is 0.119 e. The van der Waals surface area contributed by atoms with Gasteiger partial charge >= 0.3 is 0 Å². The maximum Gasteiger partial charge on any atom is 0.119 e. The first-order valence-corrected chi connectivity index (χ1v) is 13.8. The van der Waals surface area contributed by atoms with Gasteiger partial charge in [-0.15, -0.1) is 0 Å². The Kier molecular flexibility index (Phi) is 7.51. The molecule has 200 valence electrons. The summed E-state index contributed by atoms with van der Waals surface area (Å²) in [4.78, 5) is 4.48. The third-order valence-corrected chi connectivity index (χ3v) is 7.40. The molecule has 0 radical (unpaired) electrons. The molecule has 0 aliphatic carbocycles. The number of benzene rings is 6. The zero-order valence-electron chi connectivity index (χ0n) is 23.3.